The van der Waals surface area contributed by atoms with Gasteiger partial charge in [-0.1, -0.05) is 18.2 Å². The molecule has 4 heterocycles. The molecule has 1 amide bonds. The van der Waals surface area contributed by atoms with Gasteiger partial charge in [-0.3, -0.25) is 4.79 Å². The number of nitrogens with zero attached hydrogens (tertiary/aromatic N) is 6. The number of pyridine rings is 1. The summed E-state index contributed by atoms with van der Waals surface area (Å²) in [6, 6.07) is 14.4. The van der Waals surface area contributed by atoms with E-state index in [0.29, 0.717) is 13.2 Å². The smallest absolute Gasteiger partial charge is 0.242 e. The van der Waals surface area contributed by atoms with Crippen molar-refractivity contribution in [1.82, 2.24) is 19.4 Å². The number of morpholine rings is 1. The van der Waals surface area contributed by atoms with Gasteiger partial charge < -0.3 is 24.0 Å². The van der Waals surface area contributed by atoms with Gasteiger partial charge in [-0.15, -0.1) is 0 Å². The van der Waals surface area contributed by atoms with Gasteiger partial charge in [-0.2, -0.15) is 0 Å². The Kier molecular flexibility index (Phi) is 6.02. The summed E-state index contributed by atoms with van der Waals surface area (Å²) in [5.74, 6) is 1.83. The van der Waals surface area contributed by atoms with E-state index in [0.717, 1.165) is 56.5 Å². The second-order valence-corrected chi connectivity index (χ2v) is 8.08. The SMILES string of the molecule is O=C(Cn1ccnc1-c1ccnc(N2CCOCC2)c1)N1CCN(c2ccccc2)CC1. The van der Waals surface area contributed by atoms with Gasteiger partial charge >= 0.3 is 0 Å². The highest BCUT2D eigenvalue weighted by molar-refractivity contribution is 5.77. The van der Waals surface area contributed by atoms with Crippen LogP contribution in [0.5, 0.6) is 0 Å². The van der Waals surface area contributed by atoms with E-state index in [2.05, 4.69) is 44.0 Å². The lowest BCUT2D eigenvalue weighted by atomic mass is 10.2. The maximum absolute atomic E-state index is 13.0. The highest BCUT2D eigenvalue weighted by Gasteiger charge is 2.22. The molecule has 0 bridgehead atoms. The van der Waals surface area contributed by atoms with Gasteiger partial charge in [0.15, 0.2) is 0 Å². The van der Waals surface area contributed by atoms with E-state index < -0.39 is 0 Å². The van der Waals surface area contributed by atoms with Crippen LogP contribution in [0, 0.1) is 0 Å². The number of hydrogen-bond donors (Lipinski definition) is 0. The lowest BCUT2D eigenvalue weighted by molar-refractivity contribution is -0.132. The van der Waals surface area contributed by atoms with Crippen LogP contribution < -0.4 is 9.80 Å². The Morgan fingerprint density at radius 3 is 2.44 bits per heavy atom. The van der Waals surface area contributed by atoms with Crippen molar-refractivity contribution in [2.75, 3.05) is 62.3 Å². The Hall–Kier alpha value is -3.39. The summed E-state index contributed by atoms with van der Waals surface area (Å²) in [5, 5.41) is 0. The van der Waals surface area contributed by atoms with Crippen LogP contribution in [0.15, 0.2) is 61.1 Å². The van der Waals surface area contributed by atoms with Crippen molar-refractivity contribution in [3.8, 4) is 11.4 Å². The van der Waals surface area contributed by atoms with Crippen molar-refractivity contribution in [2.24, 2.45) is 0 Å². The van der Waals surface area contributed by atoms with Crippen molar-refractivity contribution in [3.63, 3.8) is 0 Å². The van der Waals surface area contributed by atoms with Crippen LogP contribution in [0.3, 0.4) is 0 Å². The molecule has 166 valence electrons. The van der Waals surface area contributed by atoms with Crippen LogP contribution in [0.2, 0.25) is 0 Å². The summed E-state index contributed by atoms with van der Waals surface area (Å²) in [7, 11) is 0. The van der Waals surface area contributed by atoms with E-state index in [1.54, 1.807) is 6.20 Å². The van der Waals surface area contributed by atoms with E-state index in [1.807, 2.05) is 40.1 Å². The summed E-state index contributed by atoms with van der Waals surface area (Å²) in [6.07, 6.45) is 5.44. The number of aromatic nitrogens is 3. The van der Waals surface area contributed by atoms with E-state index in [9.17, 15) is 4.79 Å². The van der Waals surface area contributed by atoms with Gasteiger partial charge in [0.05, 0.1) is 13.2 Å². The van der Waals surface area contributed by atoms with Gasteiger partial charge in [0, 0.05) is 69.1 Å². The Balaban J connectivity index is 1.24. The molecule has 0 atom stereocenters. The molecule has 2 fully saturated rings. The van der Waals surface area contributed by atoms with Crippen molar-refractivity contribution in [3.05, 3.63) is 61.1 Å². The highest BCUT2D eigenvalue weighted by Crippen LogP contribution is 2.23. The molecule has 5 rings (SSSR count). The minimum atomic E-state index is 0.124. The lowest BCUT2D eigenvalue weighted by Crippen LogP contribution is -2.49. The van der Waals surface area contributed by atoms with Crippen molar-refractivity contribution >= 4 is 17.4 Å². The zero-order chi connectivity index (χ0) is 21.8. The summed E-state index contributed by atoms with van der Waals surface area (Å²) in [6.45, 7) is 6.54. The van der Waals surface area contributed by atoms with E-state index in [1.165, 1.54) is 5.69 Å². The molecule has 0 saturated carbocycles. The molecule has 3 aromatic rings. The molecular weight excluding hydrogens is 404 g/mol. The molecule has 0 N–H and O–H groups in total. The first-order valence-corrected chi connectivity index (χ1v) is 11.2. The van der Waals surface area contributed by atoms with Crippen LogP contribution in [0.1, 0.15) is 0 Å². The second-order valence-electron chi connectivity index (χ2n) is 8.08. The minimum Gasteiger partial charge on any atom is -0.378 e. The Bertz CT molecular complexity index is 1040. The molecule has 8 heteroatoms. The van der Waals surface area contributed by atoms with Crippen molar-refractivity contribution in [2.45, 2.75) is 6.54 Å². The van der Waals surface area contributed by atoms with E-state index in [-0.39, 0.29) is 12.5 Å². The fraction of sp³-hybridized carbons (Fsp3) is 0.375. The maximum atomic E-state index is 13.0. The molecule has 32 heavy (non-hydrogen) atoms. The Morgan fingerprint density at radius 2 is 1.66 bits per heavy atom. The molecule has 0 aliphatic carbocycles. The van der Waals surface area contributed by atoms with Gasteiger partial charge in [0.25, 0.3) is 0 Å². The highest BCUT2D eigenvalue weighted by atomic mass is 16.5. The van der Waals surface area contributed by atoms with Crippen LogP contribution in [0.4, 0.5) is 11.5 Å². The van der Waals surface area contributed by atoms with Gasteiger partial charge in [0.1, 0.15) is 18.2 Å². The van der Waals surface area contributed by atoms with Crippen molar-refractivity contribution in [1.29, 1.82) is 0 Å². The fourth-order valence-corrected chi connectivity index (χ4v) is 4.32. The molecular formula is C24H28N6O2. The molecule has 0 spiro atoms. The normalized spacial score (nSPS) is 16.9. The molecule has 0 radical (unpaired) electrons. The number of para-hydroxylation sites is 1. The number of hydrogen-bond acceptors (Lipinski definition) is 6. The quantitative estimate of drug-likeness (QED) is 0.615. The molecule has 2 aliphatic heterocycles. The second kappa shape index (κ2) is 9.40. The molecule has 2 aliphatic rings. The zero-order valence-corrected chi connectivity index (χ0v) is 18.1. The number of ether oxygens (including phenoxy) is 1. The number of amides is 1. The zero-order valence-electron chi connectivity index (χ0n) is 18.1. The predicted octanol–water partition coefficient (Wildman–Crippen LogP) is 2.13. The number of imidazole rings is 1. The standard InChI is InChI=1S/C24H28N6O2/c31-23(29-12-10-27(11-13-29)21-4-2-1-3-5-21)19-30-9-8-26-24(30)20-6-7-25-22(18-20)28-14-16-32-17-15-28/h1-9,18H,10-17,19H2. The van der Waals surface area contributed by atoms with Crippen molar-refractivity contribution < 1.29 is 9.53 Å². The van der Waals surface area contributed by atoms with Crippen LogP contribution in [-0.4, -0.2) is 77.8 Å². The molecule has 2 saturated heterocycles. The lowest BCUT2D eigenvalue weighted by Gasteiger charge is -2.36. The third-order valence-electron chi connectivity index (χ3n) is 6.11. The number of rotatable bonds is 5. The first kappa shape index (κ1) is 20.5. The van der Waals surface area contributed by atoms with Crippen LogP contribution in [0.25, 0.3) is 11.4 Å². The van der Waals surface area contributed by atoms with E-state index in [4.69, 9.17) is 4.74 Å². The molecule has 1 aromatic carbocycles. The molecule has 2 aromatic heterocycles. The largest absolute Gasteiger partial charge is 0.378 e. The molecule has 8 nitrogen and oxygen atoms in total. The first-order chi connectivity index (χ1) is 15.8. The van der Waals surface area contributed by atoms with Gasteiger partial charge in [0.2, 0.25) is 5.91 Å². The average Bonchev–Trinajstić information content (AvgIpc) is 3.33. The van der Waals surface area contributed by atoms with Gasteiger partial charge in [-0.25, -0.2) is 9.97 Å². The third-order valence-corrected chi connectivity index (χ3v) is 6.11. The summed E-state index contributed by atoms with van der Waals surface area (Å²) >= 11 is 0. The third kappa shape index (κ3) is 4.45. The van der Waals surface area contributed by atoms with Crippen LogP contribution >= 0.6 is 0 Å². The predicted molar refractivity (Wildman–Crippen MR) is 124 cm³/mol. The maximum Gasteiger partial charge on any atom is 0.242 e. The number of carbonyl (C=O) groups excluding carboxylic acids is 1. The van der Waals surface area contributed by atoms with Crippen LogP contribution in [-0.2, 0) is 16.1 Å². The molecule has 0 unspecified atom stereocenters. The monoisotopic (exact) mass is 432 g/mol. The summed E-state index contributed by atoms with van der Waals surface area (Å²) < 4.78 is 7.38. The first-order valence-electron chi connectivity index (χ1n) is 11.2. The Labute approximate surface area is 188 Å². The number of benzene rings is 1. The topological polar surface area (TPSA) is 66.7 Å². The minimum absolute atomic E-state index is 0.124. The Morgan fingerprint density at radius 1 is 0.875 bits per heavy atom. The number of carbonyl (C=O) groups is 1. The summed E-state index contributed by atoms with van der Waals surface area (Å²) in [4.78, 5) is 28.6. The van der Waals surface area contributed by atoms with Gasteiger partial charge in [-0.05, 0) is 24.3 Å². The number of piperazine rings is 1. The fourth-order valence-electron chi connectivity index (χ4n) is 4.32. The number of anilines is 2. The average molecular weight is 433 g/mol. The summed E-state index contributed by atoms with van der Waals surface area (Å²) in [5.41, 5.74) is 2.18. The van der Waals surface area contributed by atoms with E-state index >= 15 is 0 Å².